The molecule has 3 N–H and O–H groups in total. The summed E-state index contributed by atoms with van der Waals surface area (Å²) in [6, 6.07) is 29.0. The van der Waals surface area contributed by atoms with Gasteiger partial charge in [0, 0.05) is 21.8 Å². The van der Waals surface area contributed by atoms with Gasteiger partial charge in [-0.15, -0.1) is 11.8 Å². The van der Waals surface area contributed by atoms with Crippen LogP contribution >= 0.6 is 11.8 Å². The second kappa shape index (κ2) is 14.7. The van der Waals surface area contributed by atoms with Crippen LogP contribution in [-0.2, 0) is 9.59 Å². The predicted molar refractivity (Wildman–Crippen MR) is 170 cm³/mol. The van der Waals surface area contributed by atoms with E-state index in [0.29, 0.717) is 17.9 Å². The molecule has 3 amide bonds. The number of thioether (sulfide) groups is 1. The molecule has 0 radical (unpaired) electrons. The molecule has 0 aromatic heterocycles. The molecule has 0 atom stereocenters. The molecule has 0 saturated carbocycles. The van der Waals surface area contributed by atoms with Crippen LogP contribution in [0.1, 0.15) is 34.0 Å². The topological polar surface area (TPSA) is 96.5 Å². The molecule has 8 heteroatoms. The van der Waals surface area contributed by atoms with Gasteiger partial charge in [-0.2, -0.15) is 0 Å². The van der Waals surface area contributed by atoms with E-state index >= 15 is 0 Å². The third-order valence-electron chi connectivity index (χ3n) is 6.17. The highest BCUT2D eigenvalue weighted by Crippen LogP contribution is 2.22. The minimum atomic E-state index is -0.471. The maximum Gasteiger partial charge on any atom is 0.272 e. The van der Waals surface area contributed by atoms with E-state index in [4.69, 9.17) is 4.74 Å². The summed E-state index contributed by atoms with van der Waals surface area (Å²) in [5.74, 6) is 0.00641. The molecular weight excluding hydrogens is 546 g/mol. The molecule has 7 nitrogen and oxygen atoms in total. The molecule has 0 aliphatic carbocycles. The molecule has 42 heavy (non-hydrogen) atoms. The Bertz CT molecular complexity index is 1570. The Labute approximate surface area is 250 Å². The van der Waals surface area contributed by atoms with Crippen LogP contribution in [0.3, 0.4) is 0 Å². The van der Waals surface area contributed by atoms with E-state index in [1.165, 1.54) is 11.8 Å². The minimum Gasteiger partial charge on any atom is -0.494 e. The Morgan fingerprint density at radius 2 is 1.55 bits per heavy atom. The molecule has 0 unspecified atom stereocenters. The summed E-state index contributed by atoms with van der Waals surface area (Å²) in [5, 5.41) is 8.54. The van der Waals surface area contributed by atoms with Crippen LogP contribution in [0.15, 0.2) is 108 Å². The van der Waals surface area contributed by atoms with E-state index in [2.05, 4.69) is 16.0 Å². The predicted octanol–water partition coefficient (Wildman–Crippen LogP) is 6.84. The number of aryl methyl sites for hydroxylation is 2. The highest BCUT2D eigenvalue weighted by molar-refractivity contribution is 8.00. The summed E-state index contributed by atoms with van der Waals surface area (Å²) < 4.78 is 5.50. The Morgan fingerprint density at radius 1 is 0.833 bits per heavy atom. The third kappa shape index (κ3) is 8.84. The van der Waals surface area contributed by atoms with Crippen LogP contribution in [-0.4, -0.2) is 30.1 Å². The number of carbonyl (C=O) groups is 3. The van der Waals surface area contributed by atoms with E-state index in [1.807, 2.05) is 81.4 Å². The Kier molecular flexibility index (Phi) is 10.6. The monoisotopic (exact) mass is 579 g/mol. The quantitative estimate of drug-likeness (QED) is 0.134. The van der Waals surface area contributed by atoms with Crippen LogP contribution in [0.25, 0.3) is 6.08 Å². The van der Waals surface area contributed by atoms with Gasteiger partial charge in [-0.1, -0.05) is 48.0 Å². The number of anilines is 2. The normalized spacial score (nSPS) is 11.0. The summed E-state index contributed by atoms with van der Waals surface area (Å²) in [5.41, 5.74) is 4.77. The summed E-state index contributed by atoms with van der Waals surface area (Å²) in [4.78, 5) is 39.5. The number of hydrogen-bond acceptors (Lipinski definition) is 5. The van der Waals surface area contributed by atoms with E-state index in [1.54, 1.807) is 42.5 Å². The first kappa shape index (κ1) is 30.1. The fourth-order valence-corrected chi connectivity index (χ4v) is 4.76. The van der Waals surface area contributed by atoms with Crippen molar-refractivity contribution >= 4 is 46.9 Å². The summed E-state index contributed by atoms with van der Waals surface area (Å²) in [6.07, 6.45) is 1.62. The van der Waals surface area contributed by atoms with Gasteiger partial charge in [0.15, 0.2) is 0 Å². The molecule has 4 rings (SSSR count). The zero-order valence-corrected chi connectivity index (χ0v) is 24.6. The fraction of sp³-hybridized carbons (Fsp3) is 0.147. The lowest BCUT2D eigenvalue weighted by atomic mass is 10.1. The van der Waals surface area contributed by atoms with Crippen LogP contribution in [0, 0.1) is 13.8 Å². The first-order valence-corrected chi connectivity index (χ1v) is 14.5. The summed E-state index contributed by atoms with van der Waals surface area (Å²) in [6.45, 7) is 6.44. The van der Waals surface area contributed by atoms with Gasteiger partial charge >= 0.3 is 0 Å². The molecule has 0 aliphatic rings. The molecule has 0 heterocycles. The average Bonchev–Trinajstić information content (AvgIpc) is 2.99. The Balaban J connectivity index is 1.41. The van der Waals surface area contributed by atoms with Crippen molar-refractivity contribution < 1.29 is 19.1 Å². The largest absolute Gasteiger partial charge is 0.494 e. The van der Waals surface area contributed by atoms with Gasteiger partial charge in [0.05, 0.1) is 12.4 Å². The van der Waals surface area contributed by atoms with E-state index in [0.717, 1.165) is 33.0 Å². The SMILES string of the molecule is CCOc1ccc(/C=C(\NC(=O)c2ccccc2)C(=O)Nc2ccc(SCC(=O)Nc3ccc(C)cc3C)cc2)cc1. The molecule has 214 valence electrons. The number of hydrogen-bond donors (Lipinski definition) is 3. The lowest BCUT2D eigenvalue weighted by Gasteiger charge is -2.12. The smallest absolute Gasteiger partial charge is 0.272 e. The van der Waals surface area contributed by atoms with Crippen molar-refractivity contribution in [2.45, 2.75) is 25.7 Å². The van der Waals surface area contributed by atoms with E-state index in [9.17, 15) is 14.4 Å². The van der Waals surface area contributed by atoms with Gasteiger partial charge in [-0.25, -0.2) is 0 Å². The van der Waals surface area contributed by atoms with Crippen molar-refractivity contribution in [1.82, 2.24) is 5.32 Å². The standard InChI is InChI=1S/C34H33N3O4S/c1-4-41-28-15-11-25(12-16-28)21-31(37-33(39)26-8-6-5-7-9-26)34(40)35-27-13-17-29(18-14-27)42-22-32(38)36-30-19-10-23(2)20-24(30)3/h5-21H,4,22H2,1-3H3,(H,35,40)(H,36,38)(H,37,39)/b31-21-. The van der Waals surface area contributed by atoms with Crippen molar-refractivity contribution in [2.24, 2.45) is 0 Å². The summed E-state index contributed by atoms with van der Waals surface area (Å²) >= 11 is 1.40. The Hall–Kier alpha value is -4.82. The van der Waals surface area contributed by atoms with Crippen LogP contribution in [0.4, 0.5) is 11.4 Å². The third-order valence-corrected chi connectivity index (χ3v) is 7.18. The molecule has 4 aromatic carbocycles. The van der Waals surface area contributed by atoms with Crippen LogP contribution in [0.5, 0.6) is 5.75 Å². The number of rotatable bonds is 11. The molecule has 0 bridgehead atoms. The maximum atomic E-state index is 13.3. The number of amides is 3. The maximum absolute atomic E-state index is 13.3. The first-order chi connectivity index (χ1) is 20.3. The van der Waals surface area contributed by atoms with Crippen LogP contribution in [0.2, 0.25) is 0 Å². The number of benzene rings is 4. The molecule has 0 spiro atoms. The zero-order valence-electron chi connectivity index (χ0n) is 23.8. The van der Waals surface area contributed by atoms with E-state index in [-0.39, 0.29) is 17.4 Å². The zero-order chi connectivity index (χ0) is 29.9. The first-order valence-electron chi connectivity index (χ1n) is 13.5. The molecule has 0 fully saturated rings. The Morgan fingerprint density at radius 3 is 2.21 bits per heavy atom. The highest BCUT2D eigenvalue weighted by atomic mass is 32.2. The minimum absolute atomic E-state index is 0.0922. The lowest BCUT2D eigenvalue weighted by molar-refractivity contribution is -0.114. The van der Waals surface area contributed by atoms with E-state index < -0.39 is 11.8 Å². The number of nitrogens with one attached hydrogen (secondary N) is 3. The summed E-state index contributed by atoms with van der Waals surface area (Å²) in [7, 11) is 0. The number of ether oxygens (including phenoxy) is 1. The van der Waals surface area contributed by atoms with Crippen molar-refractivity contribution in [3.63, 3.8) is 0 Å². The van der Waals surface area contributed by atoms with Crippen molar-refractivity contribution in [2.75, 3.05) is 23.0 Å². The van der Waals surface area contributed by atoms with Gasteiger partial charge in [0.2, 0.25) is 5.91 Å². The highest BCUT2D eigenvalue weighted by Gasteiger charge is 2.15. The van der Waals surface area contributed by atoms with Crippen LogP contribution < -0.4 is 20.7 Å². The second-order valence-electron chi connectivity index (χ2n) is 9.51. The molecule has 0 saturated heterocycles. The van der Waals surface area contributed by atoms with Crippen molar-refractivity contribution in [1.29, 1.82) is 0 Å². The van der Waals surface area contributed by atoms with Gasteiger partial charge in [-0.3, -0.25) is 14.4 Å². The second-order valence-corrected chi connectivity index (χ2v) is 10.6. The number of carbonyl (C=O) groups excluding carboxylic acids is 3. The van der Waals surface area contributed by atoms with Gasteiger partial charge in [0.25, 0.3) is 11.8 Å². The fourth-order valence-electron chi connectivity index (χ4n) is 4.06. The molecular formula is C34H33N3O4S. The van der Waals surface area contributed by atoms with Gasteiger partial charge < -0.3 is 20.7 Å². The van der Waals surface area contributed by atoms with Crippen molar-refractivity contribution in [3.8, 4) is 5.75 Å². The van der Waals surface area contributed by atoms with Gasteiger partial charge in [-0.05, 0) is 92.6 Å². The van der Waals surface area contributed by atoms with Gasteiger partial charge in [0.1, 0.15) is 11.4 Å². The molecule has 0 aliphatic heterocycles. The molecule has 4 aromatic rings. The van der Waals surface area contributed by atoms with Crippen molar-refractivity contribution in [3.05, 3.63) is 125 Å². The lowest BCUT2D eigenvalue weighted by Crippen LogP contribution is -2.30. The average molecular weight is 580 g/mol.